The quantitative estimate of drug-likeness (QED) is 0.859. The topological polar surface area (TPSA) is 47.0 Å². The molecule has 2 aromatic rings. The normalized spacial score (nSPS) is 10.3. The average Bonchev–Trinajstić information content (AvgIpc) is 2.38. The number of H-pyrrole nitrogens is 1. The molecule has 5 heteroatoms. The first-order valence-electron chi connectivity index (χ1n) is 5.62. The largest absolute Gasteiger partial charge is 0.496 e. The summed E-state index contributed by atoms with van der Waals surface area (Å²) in [7, 11) is 1.66. The van der Waals surface area contributed by atoms with Gasteiger partial charge < -0.3 is 9.30 Å². The zero-order valence-electron chi connectivity index (χ0n) is 10.1. The van der Waals surface area contributed by atoms with Crippen LogP contribution in [0.15, 0.2) is 41.3 Å². The standard InChI is InChI=1S/C13H14N2O2S/c1-17-11-5-3-2-4-10(11)6-8-15-9-7-12(16)14-13(15)18/h2-5,7,9H,6,8H2,1H3,(H,14,16,18). The van der Waals surface area contributed by atoms with Gasteiger partial charge in [0.25, 0.3) is 5.56 Å². The Kier molecular flexibility index (Phi) is 3.94. The van der Waals surface area contributed by atoms with Crippen LogP contribution >= 0.6 is 12.2 Å². The molecule has 0 amide bonds. The molecule has 4 nitrogen and oxygen atoms in total. The van der Waals surface area contributed by atoms with E-state index in [1.807, 2.05) is 28.8 Å². The highest BCUT2D eigenvalue weighted by atomic mass is 32.1. The fourth-order valence-corrected chi connectivity index (χ4v) is 2.02. The summed E-state index contributed by atoms with van der Waals surface area (Å²) in [5.74, 6) is 0.869. The van der Waals surface area contributed by atoms with Crippen molar-refractivity contribution in [2.75, 3.05) is 7.11 Å². The summed E-state index contributed by atoms with van der Waals surface area (Å²) in [6, 6.07) is 9.34. The SMILES string of the molecule is COc1ccccc1CCn1ccc(=O)[nH]c1=S. The highest BCUT2D eigenvalue weighted by Gasteiger charge is 2.02. The van der Waals surface area contributed by atoms with Crippen LogP contribution in [0.4, 0.5) is 0 Å². The second kappa shape index (κ2) is 5.64. The summed E-state index contributed by atoms with van der Waals surface area (Å²) < 4.78 is 7.57. The van der Waals surface area contributed by atoms with Crippen LogP contribution in [0, 0.1) is 4.77 Å². The molecule has 18 heavy (non-hydrogen) atoms. The van der Waals surface area contributed by atoms with Crippen molar-refractivity contribution >= 4 is 12.2 Å². The number of methoxy groups -OCH3 is 1. The third-order valence-corrected chi connectivity index (χ3v) is 3.05. The van der Waals surface area contributed by atoms with E-state index in [1.54, 1.807) is 13.3 Å². The van der Waals surface area contributed by atoms with Crippen molar-refractivity contribution in [3.8, 4) is 5.75 Å². The predicted octanol–water partition coefficient (Wildman–Crippen LogP) is 2.16. The van der Waals surface area contributed by atoms with E-state index in [0.29, 0.717) is 11.3 Å². The van der Waals surface area contributed by atoms with E-state index in [-0.39, 0.29) is 5.56 Å². The smallest absolute Gasteiger partial charge is 0.251 e. The molecule has 0 radical (unpaired) electrons. The number of aromatic nitrogens is 2. The first-order chi connectivity index (χ1) is 8.70. The van der Waals surface area contributed by atoms with Gasteiger partial charge in [-0.25, -0.2) is 0 Å². The third-order valence-electron chi connectivity index (χ3n) is 2.71. The van der Waals surface area contributed by atoms with Gasteiger partial charge in [-0.05, 0) is 30.3 Å². The number of para-hydroxylation sites is 1. The van der Waals surface area contributed by atoms with Crippen molar-refractivity contribution in [2.24, 2.45) is 0 Å². The van der Waals surface area contributed by atoms with Crippen molar-refractivity contribution < 1.29 is 4.74 Å². The first-order valence-corrected chi connectivity index (χ1v) is 6.03. The van der Waals surface area contributed by atoms with E-state index in [2.05, 4.69) is 4.98 Å². The highest BCUT2D eigenvalue weighted by Crippen LogP contribution is 2.18. The molecule has 1 heterocycles. The number of benzene rings is 1. The summed E-state index contributed by atoms with van der Waals surface area (Å²) in [5.41, 5.74) is 0.946. The second-order valence-corrected chi connectivity index (χ2v) is 4.25. The minimum absolute atomic E-state index is 0.173. The molecule has 1 aromatic carbocycles. The van der Waals surface area contributed by atoms with E-state index in [0.717, 1.165) is 17.7 Å². The van der Waals surface area contributed by atoms with Gasteiger partial charge >= 0.3 is 0 Å². The molecular weight excluding hydrogens is 248 g/mol. The lowest BCUT2D eigenvalue weighted by Crippen LogP contribution is -2.12. The number of ether oxygens (including phenoxy) is 1. The molecule has 0 saturated heterocycles. The number of aryl methyl sites for hydroxylation is 2. The van der Waals surface area contributed by atoms with Gasteiger partial charge in [-0.15, -0.1) is 0 Å². The minimum atomic E-state index is -0.173. The molecule has 0 aliphatic carbocycles. The lowest BCUT2D eigenvalue weighted by atomic mass is 10.1. The molecule has 94 valence electrons. The van der Waals surface area contributed by atoms with Gasteiger partial charge in [-0.3, -0.25) is 9.78 Å². The highest BCUT2D eigenvalue weighted by molar-refractivity contribution is 7.71. The molecule has 0 bridgehead atoms. The minimum Gasteiger partial charge on any atom is -0.496 e. The zero-order chi connectivity index (χ0) is 13.0. The molecule has 0 unspecified atom stereocenters. The maximum atomic E-state index is 11.1. The van der Waals surface area contributed by atoms with E-state index in [4.69, 9.17) is 17.0 Å². The fourth-order valence-electron chi connectivity index (χ4n) is 1.77. The monoisotopic (exact) mass is 262 g/mol. The van der Waals surface area contributed by atoms with Gasteiger partial charge in [0.2, 0.25) is 0 Å². The number of aromatic amines is 1. The number of nitrogens with one attached hydrogen (secondary N) is 1. The van der Waals surface area contributed by atoms with Crippen LogP contribution in [-0.4, -0.2) is 16.7 Å². The third kappa shape index (κ3) is 2.87. The summed E-state index contributed by atoms with van der Waals surface area (Å²) in [4.78, 5) is 13.7. The Balaban J connectivity index is 2.16. The van der Waals surface area contributed by atoms with Gasteiger partial charge in [-0.2, -0.15) is 0 Å². The predicted molar refractivity (Wildman–Crippen MR) is 72.6 cm³/mol. The van der Waals surface area contributed by atoms with Crippen molar-refractivity contribution in [1.82, 2.24) is 9.55 Å². The van der Waals surface area contributed by atoms with Gasteiger partial charge in [0.05, 0.1) is 7.11 Å². The maximum absolute atomic E-state index is 11.1. The Hall–Kier alpha value is -1.88. The molecular formula is C13H14N2O2S. The fraction of sp³-hybridized carbons (Fsp3) is 0.231. The summed E-state index contributed by atoms with van der Waals surface area (Å²) in [5, 5.41) is 0. The zero-order valence-corrected chi connectivity index (χ0v) is 10.9. The molecule has 0 saturated carbocycles. The van der Waals surface area contributed by atoms with Crippen LogP contribution in [0.25, 0.3) is 0 Å². The van der Waals surface area contributed by atoms with Gasteiger partial charge in [0.1, 0.15) is 5.75 Å². The molecule has 0 aliphatic heterocycles. The van der Waals surface area contributed by atoms with E-state index >= 15 is 0 Å². The van der Waals surface area contributed by atoms with Crippen LogP contribution in [-0.2, 0) is 13.0 Å². The van der Waals surface area contributed by atoms with E-state index < -0.39 is 0 Å². The van der Waals surface area contributed by atoms with Crippen LogP contribution in [0.5, 0.6) is 5.75 Å². The van der Waals surface area contributed by atoms with Crippen molar-refractivity contribution in [1.29, 1.82) is 0 Å². The summed E-state index contributed by atoms with van der Waals surface area (Å²) in [6.45, 7) is 0.704. The van der Waals surface area contributed by atoms with Crippen molar-refractivity contribution in [3.63, 3.8) is 0 Å². The van der Waals surface area contributed by atoms with E-state index in [9.17, 15) is 4.79 Å². The Bertz CT molecular complexity index is 646. The Morgan fingerprint density at radius 1 is 1.33 bits per heavy atom. The lowest BCUT2D eigenvalue weighted by Gasteiger charge is -2.09. The van der Waals surface area contributed by atoms with Crippen molar-refractivity contribution in [3.05, 3.63) is 57.2 Å². The number of rotatable bonds is 4. The second-order valence-electron chi connectivity index (χ2n) is 3.87. The molecule has 0 aliphatic rings. The Morgan fingerprint density at radius 2 is 2.11 bits per heavy atom. The van der Waals surface area contributed by atoms with Gasteiger partial charge in [0, 0.05) is 18.8 Å². The Labute approximate surface area is 110 Å². The molecule has 0 spiro atoms. The average molecular weight is 262 g/mol. The Morgan fingerprint density at radius 3 is 2.83 bits per heavy atom. The first kappa shape index (κ1) is 12.6. The van der Waals surface area contributed by atoms with E-state index in [1.165, 1.54) is 6.07 Å². The number of nitrogens with zero attached hydrogens (tertiary/aromatic N) is 1. The van der Waals surface area contributed by atoms with Crippen LogP contribution in [0.3, 0.4) is 0 Å². The van der Waals surface area contributed by atoms with Crippen molar-refractivity contribution in [2.45, 2.75) is 13.0 Å². The van der Waals surface area contributed by atoms with Crippen LogP contribution in [0.1, 0.15) is 5.56 Å². The van der Waals surface area contributed by atoms with Gasteiger partial charge in [-0.1, -0.05) is 18.2 Å². The maximum Gasteiger partial charge on any atom is 0.251 e. The van der Waals surface area contributed by atoms with Crippen LogP contribution in [0.2, 0.25) is 0 Å². The molecule has 0 fully saturated rings. The lowest BCUT2D eigenvalue weighted by molar-refractivity contribution is 0.408. The van der Waals surface area contributed by atoms with Gasteiger partial charge in [0.15, 0.2) is 4.77 Å². The summed E-state index contributed by atoms with van der Waals surface area (Å²) >= 11 is 5.09. The molecule has 0 atom stereocenters. The molecule has 2 rings (SSSR count). The van der Waals surface area contributed by atoms with Crippen LogP contribution < -0.4 is 10.3 Å². The number of hydrogen-bond acceptors (Lipinski definition) is 3. The summed E-state index contributed by atoms with van der Waals surface area (Å²) in [6.07, 6.45) is 2.50. The number of hydrogen-bond donors (Lipinski definition) is 1. The molecule has 1 aromatic heterocycles. The molecule has 1 N–H and O–H groups in total.